The molecule has 34 heavy (non-hydrogen) atoms. The molecule has 0 bridgehead atoms. The van der Waals surface area contributed by atoms with Gasteiger partial charge in [-0.1, -0.05) is 13.8 Å². The maximum atomic E-state index is 14.1. The number of benzene rings is 1. The molecule has 0 amide bonds. The van der Waals surface area contributed by atoms with E-state index in [2.05, 4.69) is 28.6 Å². The summed E-state index contributed by atoms with van der Waals surface area (Å²) in [4.78, 5) is 16.7. The van der Waals surface area contributed by atoms with Gasteiger partial charge in [-0.25, -0.2) is 13.8 Å². The van der Waals surface area contributed by atoms with E-state index < -0.39 is 18.1 Å². The van der Waals surface area contributed by atoms with Crippen LogP contribution >= 0.6 is 0 Å². The first-order chi connectivity index (χ1) is 16.3. The summed E-state index contributed by atoms with van der Waals surface area (Å²) in [5, 5.41) is 17.6. The summed E-state index contributed by atoms with van der Waals surface area (Å²) in [6.07, 6.45) is 3.44. The van der Waals surface area contributed by atoms with Gasteiger partial charge >= 0.3 is 5.97 Å². The fourth-order valence-corrected chi connectivity index (χ4v) is 5.49. The van der Waals surface area contributed by atoms with Crippen molar-refractivity contribution in [2.24, 2.45) is 5.41 Å². The summed E-state index contributed by atoms with van der Waals surface area (Å²) in [7, 11) is 0. The highest BCUT2D eigenvalue weighted by molar-refractivity contribution is 5.93. The second-order valence-electron chi connectivity index (χ2n) is 9.88. The Morgan fingerprint density at radius 3 is 2.65 bits per heavy atom. The van der Waals surface area contributed by atoms with Crippen LogP contribution in [0.3, 0.4) is 0 Å². The number of hydrogen-bond acceptors (Lipinski definition) is 3. The number of carboxylic acid groups (broad SMARTS) is 1. The van der Waals surface area contributed by atoms with Gasteiger partial charge in [0.05, 0.1) is 22.6 Å². The summed E-state index contributed by atoms with van der Waals surface area (Å²) >= 11 is 0. The largest absolute Gasteiger partial charge is 0.481 e. The maximum Gasteiger partial charge on any atom is 0.312 e. The van der Waals surface area contributed by atoms with Crippen molar-refractivity contribution >= 4 is 28.0 Å². The first-order valence-corrected chi connectivity index (χ1v) is 11.7. The van der Waals surface area contributed by atoms with Crippen LogP contribution in [0.15, 0.2) is 30.5 Å². The summed E-state index contributed by atoms with van der Waals surface area (Å²) in [6.45, 7) is 5.13. The second-order valence-corrected chi connectivity index (χ2v) is 9.88. The van der Waals surface area contributed by atoms with Crippen LogP contribution in [0.4, 0.5) is 8.78 Å². The second kappa shape index (κ2) is 8.18. The lowest BCUT2D eigenvalue weighted by molar-refractivity contribution is -0.152. The van der Waals surface area contributed by atoms with Gasteiger partial charge in [0.2, 0.25) is 0 Å². The molecule has 0 unspecified atom stereocenters. The van der Waals surface area contributed by atoms with Gasteiger partial charge in [0.15, 0.2) is 5.65 Å². The Morgan fingerprint density at radius 2 is 2.03 bits per heavy atom. The summed E-state index contributed by atoms with van der Waals surface area (Å²) in [5.74, 6) is -1.14. The summed E-state index contributed by atoms with van der Waals surface area (Å²) in [5.41, 5.74) is 4.65. The fourth-order valence-electron chi connectivity index (χ4n) is 5.49. The van der Waals surface area contributed by atoms with Crippen LogP contribution in [0, 0.1) is 18.2 Å². The molecular weight excluding hydrogens is 438 g/mol. The van der Waals surface area contributed by atoms with Gasteiger partial charge in [-0.2, -0.15) is 5.10 Å². The molecule has 1 aromatic carbocycles. The van der Waals surface area contributed by atoms with Gasteiger partial charge < -0.3 is 9.67 Å². The number of nitrogens with zero attached hydrogens (tertiary/aromatic N) is 3. The smallest absolute Gasteiger partial charge is 0.312 e. The molecule has 6 nitrogen and oxygen atoms in total. The van der Waals surface area contributed by atoms with Crippen molar-refractivity contribution in [1.29, 1.82) is 0 Å². The van der Waals surface area contributed by atoms with E-state index in [1.807, 2.05) is 12.1 Å². The Labute approximate surface area is 196 Å². The van der Waals surface area contributed by atoms with Crippen molar-refractivity contribution < 1.29 is 18.7 Å². The number of halogens is 2. The van der Waals surface area contributed by atoms with Gasteiger partial charge in [0.1, 0.15) is 12.5 Å². The third-order valence-electron chi connectivity index (χ3n) is 7.43. The minimum atomic E-state index is -1.30. The van der Waals surface area contributed by atoms with E-state index in [1.165, 1.54) is 6.07 Å². The highest BCUT2D eigenvalue weighted by atomic mass is 19.1. The number of hydrogen-bond donors (Lipinski definition) is 2. The van der Waals surface area contributed by atoms with Crippen molar-refractivity contribution in [3.05, 3.63) is 53.1 Å². The van der Waals surface area contributed by atoms with Gasteiger partial charge in [-0.05, 0) is 74.3 Å². The van der Waals surface area contributed by atoms with E-state index in [0.717, 1.165) is 33.4 Å². The Balaban J connectivity index is 1.75. The number of carbonyl (C=O) groups is 1. The number of H-pyrrole nitrogens is 1. The Kier molecular flexibility index (Phi) is 5.41. The average molecular weight is 467 g/mol. The maximum absolute atomic E-state index is 14.1. The number of rotatable bonds is 5. The van der Waals surface area contributed by atoms with Gasteiger partial charge in [0, 0.05) is 22.3 Å². The molecule has 0 atom stereocenters. The number of aromatic amines is 1. The number of aryl methyl sites for hydroxylation is 1. The molecule has 0 aliphatic heterocycles. The highest BCUT2D eigenvalue weighted by Gasteiger charge is 2.43. The molecule has 1 saturated carbocycles. The van der Waals surface area contributed by atoms with Crippen LogP contribution in [0.25, 0.3) is 27.8 Å². The number of fused-ring (bicyclic) bond motifs is 2. The van der Waals surface area contributed by atoms with Crippen LogP contribution in [0.2, 0.25) is 0 Å². The zero-order valence-electron chi connectivity index (χ0n) is 19.5. The molecule has 1 aliphatic rings. The third-order valence-corrected chi connectivity index (χ3v) is 7.43. The third kappa shape index (κ3) is 3.38. The quantitative estimate of drug-likeness (QED) is 0.368. The number of aliphatic carboxylic acids is 1. The van der Waals surface area contributed by atoms with Gasteiger partial charge in [-0.15, -0.1) is 0 Å². The molecule has 1 fully saturated rings. The van der Waals surface area contributed by atoms with Crippen molar-refractivity contribution in [3.8, 4) is 5.69 Å². The predicted octanol–water partition coefficient (Wildman–Crippen LogP) is 6.17. The SMILES string of the molecule is Cc1cc(-n2c(C(C)C)c(C3CCC(CF)(C(=O)O)CC3)c3nc4[nH]ncc4cc32)ccc1F. The van der Waals surface area contributed by atoms with Crippen molar-refractivity contribution in [1.82, 2.24) is 19.7 Å². The molecule has 2 N–H and O–H groups in total. The topological polar surface area (TPSA) is 83.8 Å². The molecule has 1 aliphatic carbocycles. The average Bonchev–Trinajstić information content (AvgIpc) is 3.41. The number of aromatic nitrogens is 4. The monoisotopic (exact) mass is 466 g/mol. The van der Waals surface area contributed by atoms with Crippen LogP contribution in [-0.4, -0.2) is 37.5 Å². The molecule has 0 radical (unpaired) electrons. The first kappa shape index (κ1) is 22.5. The van der Waals surface area contributed by atoms with Gasteiger partial charge in [-0.3, -0.25) is 9.89 Å². The Hall–Kier alpha value is -3.29. The zero-order chi connectivity index (χ0) is 24.2. The Bertz CT molecular complexity index is 1400. The lowest BCUT2D eigenvalue weighted by Crippen LogP contribution is -2.37. The van der Waals surface area contributed by atoms with E-state index in [9.17, 15) is 18.7 Å². The van der Waals surface area contributed by atoms with E-state index >= 15 is 0 Å². The molecule has 3 heterocycles. The van der Waals surface area contributed by atoms with Crippen LogP contribution in [-0.2, 0) is 4.79 Å². The Morgan fingerprint density at radius 1 is 1.29 bits per heavy atom. The minimum absolute atomic E-state index is 0.0505. The minimum Gasteiger partial charge on any atom is -0.481 e. The highest BCUT2D eigenvalue weighted by Crippen LogP contribution is 2.48. The molecule has 3 aromatic heterocycles. The lowest BCUT2D eigenvalue weighted by Gasteiger charge is -2.35. The first-order valence-electron chi connectivity index (χ1n) is 11.7. The number of pyridine rings is 1. The standard InChI is InChI=1S/C26H28F2N4O2/c1-14(2)23-21(16-6-8-26(13-27,9-7-16)25(33)34)22-20(11-17-12-29-31-24(17)30-22)32(23)18-4-5-19(28)15(3)10-18/h4-5,10-12,14,16H,6-9,13H2,1-3H3,(H,33,34)(H,29,30,31). The molecule has 178 valence electrons. The van der Waals surface area contributed by atoms with Crippen molar-refractivity contribution in [2.75, 3.05) is 6.67 Å². The van der Waals surface area contributed by atoms with Crippen molar-refractivity contribution in [2.45, 2.75) is 58.3 Å². The van der Waals surface area contributed by atoms with Crippen molar-refractivity contribution in [3.63, 3.8) is 0 Å². The fraction of sp³-hybridized carbons (Fsp3) is 0.423. The van der Waals surface area contributed by atoms with E-state index in [4.69, 9.17) is 4.98 Å². The van der Waals surface area contributed by atoms with E-state index in [0.29, 0.717) is 24.1 Å². The summed E-state index contributed by atoms with van der Waals surface area (Å²) in [6, 6.07) is 7.13. The van der Waals surface area contributed by atoms with Crippen LogP contribution in [0.5, 0.6) is 0 Å². The van der Waals surface area contributed by atoms with E-state index in [1.54, 1.807) is 19.2 Å². The molecule has 0 spiro atoms. The van der Waals surface area contributed by atoms with Crippen LogP contribution in [0.1, 0.15) is 68.2 Å². The molecule has 0 saturated heterocycles. The number of carboxylic acids is 1. The molecule has 5 rings (SSSR count). The molecule has 8 heteroatoms. The normalized spacial score (nSPS) is 21.1. The number of alkyl halides is 1. The molecular formula is C26H28F2N4O2. The van der Waals surface area contributed by atoms with Crippen LogP contribution < -0.4 is 0 Å². The summed E-state index contributed by atoms with van der Waals surface area (Å²) < 4.78 is 30.0. The predicted molar refractivity (Wildman–Crippen MR) is 127 cm³/mol. The van der Waals surface area contributed by atoms with Gasteiger partial charge in [0.25, 0.3) is 0 Å². The lowest BCUT2D eigenvalue weighted by atomic mass is 9.69. The molecule has 4 aromatic rings. The number of nitrogens with one attached hydrogen (secondary N) is 1. The van der Waals surface area contributed by atoms with E-state index in [-0.39, 0.29) is 30.5 Å². The zero-order valence-corrected chi connectivity index (χ0v) is 19.5.